The SMILES string of the molecule is C[C@@H](OC(=O)c1ccc(-c2ccc([N+](=O)[O-])cc2)o1)C(=O)NC(=O)NC(C)(C)C. The van der Waals surface area contributed by atoms with Crippen LogP contribution in [-0.4, -0.2) is 34.5 Å². The first kappa shape index (κ1) is 21.6. The van der Waals surface area contributed by atoms with Gasteiger partial charge in [0.05, 0.1) is 4.92 Å². The highest BCUT2D eigenvalue weighted by atomic mass is 16.6. The number of ether oxygens (including phenoxy) is 1. The zero-order chi connectivity index (χ0) is 21.8. The summed E-state index contributed by atoms with van der Waals surface area (Å²) in [6.45, 7) is 6.57. The van der Waals surface area contributed by atoms with Crippen molar-refractivity contribution in [1.29, 1.82) is 0 Å². The summed E-state index contributed by atoms with van der Waals surface area (Å²) in [5.74, 6) is -1.54. The Morgan fingerprint density at radius 2 is 1.72 bits per heavy atom. The quantitative estimate of drug-likeness (QED) is 0.444. The number of hydrogen-bond donors (Lipinski definition) is 2. The topological polar surface area (TPSA) is 141 Å². The fourth-order valence-corrected chi connectivity index (χ4v) is 2.21. The molecule has 0 saturated carbocycles. The van der Waals surface area contributed by atoms with Gasteiger partial charge in [0.2, 0.25) is 5.76 Å². The van der Waals surface area contributed by atoms with Gasteiger partial charge in [0.1, 0.15) is 5.76 Å². The Morgan fingerprint density at radius 1 is 1.10 bits per heavy atom. The molecule has 0 fully saturated rings. The van der Waals surface area contributed by atoms with Crippen LogP contribution in [0.25, 0.3) is 11.3 Å². The lowest BCUT2D eigenvalue weighted by Crippen LogP contribution is -2.50. The van der Waals surface area contributed by atoms with Gasteiger partial charge in [-0.2, -0.15) is 0 Å². The maximum Gasteiger partial charge on any atom is 0.375 e. The Kier molecular flexibility index (Phi) is 6.37. The van der Waals surface area contributed by atoms with Gasteiger partial charge in [0, 0.05) is 23.2 Å². The fourth-order valence-electron chi connectivity index (χ4n) is 2.21. The zero-order valence-electron chi connectivity index (χ0n) is 16.3. The minimum atomic E-state index is -1.24. The molecule has 154 valence electrons. The number of nitrogens with zero attached hydrogens (tertiary/aromatic N) is 1. The van der Waals surface area contributed by atoms with Crippen LogP contribution < -0.4 is 10.6 Å². The highest BCUT2D eigenvalue weighted by molar-refractivity contribution is 5.98. The predicted octanol–water partition coefficient (Wildman–Crippen LogP) is 3.02. The highest BCUT2D eigenvalue weighted by Crippen LogP contribution is 2.25. The molecule has 0 unspecified atom stereocenters. The number of urea groups is 1. The molecule has 2 N–H and O–H groups in total. The smallest absolute Gasteiger partial charge is 0.375 e. The molecular weight excluding hydrogens is 382 g/mol. The Morgan fingerprint density at radius 3 is 2.28 bits per heavy atom. The Bertz CT molecular complexity index is 926. The number of nitro groups is 1. The number of imide groups is 1. The molecule has 0 bridgehead atoms. The molecule has 3 amide bonds. The van der Waals surface area contributed by atoms with Gasteiger partial charge in [-0.1, -0.05) is 0 Å². The molecule has 29 heavy (non-hydrogen) atoms. The number of amides is 3. The van der Waals surface area contributed by atoms with Crippen LogP contribution in [0.3, 0.4) is 0 Å². The van der Waals surface area contributed by atoms with E-state index in [1.165, 1.54) is 43.3 Å². The zero-order valence-corrected chi connectivity index (χ0v) is 16.3. The number of nitrogens with one attached hydrogen (secondary N) is 2. The van der Waals surface area contributed by atoms with Crippen LogP contribution >= 0.6 is 0 Å². The molecule has 2 aromatic rings. The Hall–Kier alpha value is -3.69. The van der Waals surface area contributed by atoms with Crippen molar-refractivity contribution >= 4 is 23.6 Å². The maximum atomic E-state index is 12.2. The Labute approximate surface area is 166 Å². The fraction of sp³-hybridized carbons (Fsp3) is 0.316. The molecule has 0 aliphatic rings. The average Bonchev–Trinajstić information content (AvgIpc) is 3.10. The molecule has 1 heterocycles. The van der Waals surface area contributed by atoms with E-state index in [1.807, 2.05) is 0 Å². The van der Waals surface area contributed by atoms with Crippen LogP contribution in [0.5, 0.6) is 0 Å². The average molecular weight is 403 g/mol. The lowest BCUT2D eigenvalue weighted by atomic mass is 10.1. The summed E-state index contributed by atoms with van der Waals surface area (Å²) in [6, 6.07) is 7.74. The lowest BCUT2D eigenvalue weighted by molar-refractivity contribution is -0.384. The van der Waals surface area contributed by atoms with E-state index in [1.54, 1.807) is 20.8 Å². The van der Waals surface area contributed by atoms with Crippen LogP contribution in [-0.2, 0) is 9.53 Å². The summed E-state index contributed by atoms with van der Waals surface area (Å²) in [5.41, 5.74) is -0.0817. The number of rotatable bonds is 5. The standard InChI is InChI=1S/C19H21N3O7/c1-11(16(23)20-18(25)21-19(2,3)4)28-17(24)15-10-9-14(29-15)12-5-7-13(8-6-12)22(26)27/h5-11H,1-4H3,(H2,20,21,23,25)/t11-/m1/s1. The Balaban J connectivity index is 1.98. The van der Waals surface area contributed by atoms with E-state index in [0.717, 1.165) is 0 Å². The lowest BCUT2D eigenvalue weighted by Gasteiger charge is -2.21. The first-order valence-electron chi connectivity index (χ1n) is 8.65. The summed E-state index contributed by atoms with van der Waals surface area (Å²) < 4.78 is 10.4. The minimum absolute atomic E-state index is 0.0738. The summed E-state index contributed by atoms with van der Waals surface area (Å²) in [4.78, 5) is 46.0. The number of benzene rings is 1. The molecule has 0 radical (unpaired) electrons. The number of non-ortho nitro benzene ring substituents is 1. The second-order valence-electron chi connectivity index (χ2n) is 7.21. The second kappa shape index (κ2) is 8.55. The highest BCUT2D eigenvalue weighted by Gasteiger charge is 2.24. The van der Waals surface area contributed by atoms with Crippen molar-refractivity contribution < 1.29 is 28.5 Å². The second-order valence-corrected chi connectivity index (χ2v) is 7.21. The van der Waals surface area contributed by atoms with Crippen molar-refractivity contribution in [1.82, 2.24) is 10.6 Å². The molecular formula is C19H21N3O7. The van der Waals surface area contributed by atoms with Crippen LogP contribution in [0.4, 0.5) is 10.5 Å². The van der Waals surface area contributed by atoms with Crippen LogP contribution in [0.1, 0.15) is 38.2 Å². The van der Waals surface area contributed by atoms with Gasteiger partial charge in [-0.05, 0) is 52.0 Å². The van der Waals surface area contributed by atoms with Gasteiger partial charge in [-0.3, -0.25) is 20.2 Å². The molecule has 0 spiro atoms. The van der Waals surface area contributed by atoms with E-state index in [-0.39, 0.29) is 11.4 Å². The van der Waals surface area contributed by atoms with E-state index < -0.39 is 34.5 Å². The van der Waals surface area contributed by atoms with Gasteiger partial charge in [0.15, 0.2) is 6.10 Å². The molecule has 10 heteroatoms. The number of carbonyl (C=O) groups is 3. The van der Waals surface area contributed by atoms with E-state index in [2.05, 4.69) is 10.6 Å². The van der Waals surface area contributed by atoms with Crippen molar-refractivity contribution in [3.63, 3.8) is 0 Å². The normalized spacial score (nSPS) is 12.0. The molecule has 0 saturated heterocycles. The van der Waals surface area contributed by atoms with Gasteiger partial charge in [0.25, 0.3) is 11.6 Å². The van der Waals surface area contributed by atoms with Gasteiger partial charge >= 0.3 is 12.0 Å². The number of furan rings is 1. The van der Waals surface area contributed by atoms with Crippen molar-refractivity contribution in [3.05, 3.63) is 52.3 Å². The summed E-state index contributed by atoms with van der Waals surface area (Å²) >= 11 is 0. The third kappa shape index (κ3) is 6.16. The molecule has 0 aliphatic heterocycles. The number of esters is 1. The summed E-state index contributed by atoms with van der Waals surface area (Å²) in [5, 5.41) is 15.3. The molecule has 2 rings (SSSR count). The van der Waals surface area contributed by atoms with E-state index in [4.69, 9.17) is 9.15 Å². The monoisotopic (exact) mass is 403 g/mol. The van der Waals surface area contributed by atoms with Crippen molar-refractivity contribution in [3.8, 4) is 11.3 Å². The maximum absolute atomic E-state index is 12.2. The number of hydrogen-bond acceptors (Lipinski definition) is 7. The molecule has 0 aliphatic carbocycles. The summed E-state index contributed by atoms with van der Waals surface area (Å²) in [7, 11) is 0. The van der Waals surface area contributed by atoms with Gasteiger partial charge in [-0.15, -0.1) is 0 Å². The van der Waals surface area contributed by atoms with Crippen molar-refractivity contribution in [2.24, 2.45) is 0 Å². The van der Waals surface area contributed by atoms with Gasteiger partial charge in [-0.25, -0.2) is 9.59 Å². The largest absolute Gasteiger partial charge is 0.449 e. The molecule has 1 aromatic heterocycles. The van der Waals surface area contributed by atoms with E-state index in [9.17, 15) is 24.5 Å². The third-order valence-corrected chi connectivity index (χ3v) is 3.55. The van der Waals surface area contributed by atoms with E-state index in [0.29, 0.717) is 11.3 Å². The van der Waals surface area contributed by atoms with E-state index >= 15 is 0 Å². The van der Waals surface area contributed by atoms with Crippen molar-refractivity contribution in [2.75, 3.05) is 0 Å². The van der Waals surface area contributed by atoms with Crippen LogP contribution in [0, 0.1) is 10.1 Å². The first-order chi connectivity index (χ1) is 13.5. The summed E-state index contributed by atoms with van der Waals surface area (Å²) in [6.07, 6.45) is -1.24. The third-order valence-electron chi connectivity index (χ3n) is 3.55. The molecule has 1 aromatic carbocycles. The number of carbonyl (C=O) groups excluding carboxylic acids is 3. The molecule has 1 atom stereocenters. The number of nitro benzene ring substituents is 1. The molecule has 10 nitrogen and oxygen atoms in total. The minimum Gasteiger partial charge on any atom is -0.449 e. The predicted molar refractivity (Wildman–Crippen MR) is 102 cm³/mol. The van der Waals surface area contributed by atoms with Crippen LogP contribution in [0.2, 0.25) is 0 Å². The van der Waals surface area contributed by atoms with Crippen LogP contribution in [0.15, 0.2) is 40.8 Å². The van der Waals surface area contributed by atoms with Crippen molar-refractivity contribution in [2.45, 2.75) is 39.3 Å². The first-order valence-corrected chi connectivity index (χ1v) is 8.65. The van der Waals surface area contributed by atoms with Gasteiger partial charge < -0.3 is 14.5 Å².